The monoisotopic (exact) mass is 350 g/mol. The molecule has 0 saturated carbocycles. The molecule has 2 heterocycles. The second-order valence-corrected chi connectivity index (χ2v) is 6.05. The smallest absolute Gasteiger partial charge is 0.227 e. The third kappa shape index (κ3) is 4.61. The SMILES string of the molecule is Cc1nn(C)c(C)c1CC(=O)N1CCCC(C(C)N)C1.Cl.Cl. The van der Waals surface area contributed by atoms with Crippen molar-refractivity contribution in [3.8, 4) is 0 Å². The van der Waals surface area contributed by atoms with Crippen LogP contribution in [-0.4, -0.2) is 39.7 Å². The van der Waals surface area contributed by atoms with Crippen molar-refractivity contribution in [2.45, 2.75) is 46.1 Å². The number of halogens is 2. The summed E-state index contributed by atoms with van der Waals surface area (Å²) in [4.78, 5) is 14.5. The van der Waals surface area contributed by atoms with Gasteiger partial charge < -0.3 is 10.6 Å². The highest BCUT2D eigenvalue weighted by Crippen LogP contribution is 2.21. The highest BCUT2D eigenvalue weighted by molar-refractivity contribution is 5.85. The fourth-order valence-corrected chi connectivity index (χ4v) is 3.00. The second kappa shape index (κ2) is 8.75. The number of hydrogen-bond donors (Lipinski definition) is 1. The van der Waals surface area contributed by atoms with E-state index in [1.807, 2.05) is 37.4 Å². The first-order valence-corrected chi connectivity index (χ1v) is 7.42. The van der Waals surface area contributed by atoms with Crippen LogP contribution in [0.25, 0.3) is 0 Å². The van der Waals surface area contributed by atoms with Crippen molar-refractivity contribution in [1.29, 1.82) is 0 Å². The molecule has 1 amide bonds. The van der Waals surface area contributed by atoms with E-state index >= 15 is 0 Å². The zero-order valence-corrected chi connectivity index (χ0v) is 15.5. The molecule has 22 heavy (non-hydrogen) atoms. The van der Waals surface area contributed by atoms with Gasteiger partial charge in [0.05, 0.1) is 12.1 Å². The highest BCUT2D eigenvalue weighted by atomic mass is 35.5. The molecule has 2 rings (SSSR count). The van der Waals surface area contributed by atoms with E-state index in [0.29, 0.717) is 12.3 Å². The van der Waals surface area contributed by atoms with Gasteiger partial charge in [0, 0.05) is 37.4 Å². The maximum Gasteiger partial charge on any atom is 0.227 e. The number of piperidine rings is 1. The summed E-state index contributed by atoms with van der Waals surface area (Å²) >= 11 is 0. The van der Waals surface area contributed by atoms with Crippen molar-refractivity contribution in [2.24, 2.45) is 18.7 Å². The molecule has 1 saturated heterocycles. The number of hydrogen-bond acceptors (Lipinski definition) is 3. The number of rotatable bonds is 3. The molecule has 2 unspecified atom stereocenters. The van der Waals surface area contributed by atoms with Crippen molar-refractivity contribution in [2.75, 3.05) is 13.1 Å². The lowest BCUT2D eigenvalue weighted by Gasteiger charge is -2.34. The van der Waals surface area contributed by atoms with E-state index in [9.17, 15) is 4.79 Å². The Labute approximate surface area is 145 Å². The summed E-state index contributed by atoms with van der Waals surface area (Å²) in [6.07, 6.45) is 2.65. The lowest BCUT2D eigenvalue weighted by atomic mass is 9.92. The van der Waals surface area contributed by atoms with E-state index in [2.05, 4.69) is 5.10 Å². The van der Waals surface area contributed by atoms with Crippen LogP contribution in [0, 0.1) is 19.8 Å². The van der Waals surface area contributed by atoms with Gasteiger partial charge in [-0.1, -0.05) is 0 Å². The number of amides is 1. The molecule has 7 heteroatoms. The zero-order chi connectivity index (χ0) is 14.9. The van der Waals surface area contributed by atoms with Crippen molar-refractivity contribution >= 4 is 30.7 Å². The first kappa shape index (κ1) is 21.2. The molecule has 5 nitrogen and oxygen atoms in total. The number of carbonyl (C=O) groups excluding carboxylic acids is 1. The summed E-state index contributed by atoms with van der Waals surface area (Å²) in [5, 5.41) is 4.38. The number of carbonyl (C=O) groups is 1. The minimum atomic E-state index is 0. The van der Waals surface area contributed by atoms with E-state index in [1.165, 1.54) is 0 Å². The second-order valence-electron chi connectivity index (χ2n) is 6.05. The molecule has 1 fully saturated rings. The summed E-state index contributed by atoms with van der Waals surface area (Å²) in [5.74, 6) is 0.637. The molecule has 1 aromatic rings. The first-order valence-electron chi connectivity index (χ1n) is 7.42. The molecule has 128 valence electrons. The van der Waals surface area contributed by atoms with Gasteiger partial charge in [0.1, 0.15) is 0 Å². The molecule has 2 atom stereocenters. The third-order valence-electron chi connectivity index (χ3n) is 4.54. The van der Waals surface area contributed by atoms with Crippen LogP contribution < -0.4 is 5.73 Å². The molecule has 1 aliphatic heterocycles. The number of nitrogens with zero attached hydrogens (tertiary/aromatic N) is 3. The number of likely N-dealkylation sites (tertiary alicyclic amines) is 1. The Morgan fingerprint density at radius 3 is 2.55 bits per heavy atom. The number of nitrogens with two attached hydrogens (primary N) is 1. The number of aromatic nitrogens is 2. The molecule has 0 bridgehead atoms. The van der Waals surface area contributed by atoms with E-state index in [0.717, 1.165) is 42.9 Å². The van der Waals surface area contributed by atoms with Gasteiger partial charge in [-0.2, -0.15) is 5.10 Å². The predicted molar refractivity (Wildman–Crippen MR) is 93.8 cm³/mol. The van der Waals surface area contributed by atoms with Crippen molar-refractivity contribution in [1.82, 2.24) is 14.7 Å². The topological polar surface area (TPSA) is 64.2 Å². The van der Waals surface area contributed by atoms with Gasteiger partial charge in [0.2, 0.25) is 5.91 Å². The normalized spacial score (nSPS) is 19.1. The molecule has 0 aromatic carbocycles. The van der Waals surface area contributed by atoms with Gasteiger partial charge in [0.15, 0.2) is 0 Å². The molecule has 0 spiro atoms. The Bertz CT molecular complexity index is 502. The molecule has 1 aliphatic rings. The lowest BCUT2D eigenvalue weighted by molar-refractivity contribution is -0.132. The van der Waals surface area contributed by atoms with E-state index < -0.39 is 0 Å². The molecule has 2 N–H and O–H groups in total. The van der Waals surface area contributed by atoms with Crippen LogP contribution in [0.2, 0.25) is 0 Å². The molecule has 1 aromatic heterocycles. The Kier molecular flexibility index (Phi) is 8.44. The average Bonchev–Trinajstić information content (AvgIpc) is 2.65. The van der Waals surface area contributed by atoms with Crippen LogP contribution in [0.4, 0.5) is 0 Å². The van der Waals surface area contributed by atoms with Gasteiger partial charge in [-0.15, -0.1) is 24.8 Å². The highest BCUT2D eigenvalue weighted by Gasteiger charge is 2.26. The lowest BCUT2D eigenvalue weighted by Crippen LogP contribution is -2.45. The number of aryl methyl sites for hydroxylation is 2. The average molecular weight is 351 g/mol. The van der Waals surface area contributed by atoms with Gasteiger partial charge in [-0.3, -0.25) is 9.48 Å². The van der Waals surface area contributed by atoms with Crippen LogP contribution in [0.15, 0.2) is 0 Å². The Morgan fingerprint density at radius 2 is 2.05 bits per heavy atom. The molecule has 0 aliphatic carbocycles. The minimum Gasteiger partial charge on any atom is -0.342 e. The Balaban J connectivity index is 0.00000220. The minimum absolute atomic E-state index is 0. The predicted octanol–water partition coefficient (Wildman–Crippen LogP) is 2.01. The van der Waals surface area contributed by atoms with Crippen molar-refractivity contribution in [3.63, 3.8) is 0 Å². The van der Waals surface area contributed by atoms with Gasteiger partial charge in [-0.25, -0.2) is 0 Å². The summed E-state index contributed by atoms with van der Waals surface area (Å²) in [6.45, 7) is 7.68. The molecule has 0 radical (unpaired) electrons. The summed E-state index contributed by atoms with van der Waals surface area (Å²) in [7, 11) is 1.92. The Morgan fingerprint density at radius 1 is 1.41 bits per heavy atom. The van der Waals surface area contributed by atoms with E-state index in [-0.39, 0.29) is 36.8 Å². The molecular weight excluding hydrogens is 323 g/mol. The van der Waals surface area contributed by atoms with Gasteiger partial charge in [-0.05, 0) is 39.5 Å². The largest absolute Gasteiger partial charge is 0.342 e. The quantitative estimate of drug-likeness (QED) is 0.906. The fourth-order valence-electron chi connectivity index (χ4n) is 3.00. The molecular formula is C15H28Cl2N4O. The van der Waals surface area contributed by atoms with Crippen LogP contribution in [0.5, 0.6) is 0 Å². The summed E-state index contributed by atoms with van der Waals surface area (Å²) < 4.78 is 1.85. The van der Waals surface area contributed by atoms with Crippen LogP contribution in [-0.2, 0) is 18.3 Å². The third-order valence-corrected chi connectivity index (χ3v) is 4.54. The Hall–Kier alpha value is -0.780. The first-order chi connectivity index (χ1) is 9.40. The fraction of sp³-hybridized carbons (Fsp3) is 0.733. The maximum atomic E-state index is 12.5. The van der Waals surface area contributed by atoms with Crippen LogP contribution >= 0.6 is 24.8 Å². The summed E-state index contributed by atoms with van der Waals surface area (Å²) in [6, 6.07) is 0.160. The van der Waals surface area contributed by atoms with Crippen molar-refractivity contribution < 1.29 is 4.79 Å². The van der Waals surface area contributed by atoms with Crippen LogP contribution in [0.1, 0.15) is 36.7 Å². The van der Waals surface area contributed by atoms with E-state index in [1.54, 1.807) is 0 Å². The maximum absolute atomic E-state index is 12.5. The zero-order valence-electron chi connectivity index (χ0n) is 13.8. The van der Waals surface area contributed by atoms with Gasteiger partial charge >= 0.3 is 0 Å². The van der Waals surface area contributed by atoms with E-state index in [4.69, 9.17) is 5.73 Å². The van der Waals surface area contributed by atoms with Crippen LogP contribution in [0.3, 0.4) is 0 Å². The van der Waals surface area contributed by atoms with Crippen molar-refractivity contribution in [3.05, 3.63) is 17.0 Å². The van der Waals surface area contributed by atoms with Gasteiger partial charge in [0.25, 0.3) is 0 Å². The summed E-state index contributed by atoms with van der Waals surface area (Å²) in [5.41, 5.74) is 9.09. The standard InChI is InChI=1S/C15H26N4O.2ClH/c1-10(16)13-6-5-7-19(9-13)15(20)8-14-11(2)17-18(4)12(14)3;;/h10,13H,5-9,16H2,1-4H3;2*1H.